The molecule has 3 N–H and O–H groups in total. The zero-order chi connectivity index (χ0) is 26.4. The van der Waals surface area contributed by atoms with Crippen LogP contribution in [0.3, 0.4) is 0 Å². The first kappa shape index (κ1) is 25.4. The van der Waals surface area contributed by atoms with Crippen molar-refractivity contribution in [2.24, 2.45) is 5.92 Å². The maximum Gasteiger partial charge on any atom is 0.390 e. The number of pyridine rings is 1. The Kier molecular flexibility index (Phi) is 6.58. The molecule has 1 saturated heterocycles. The van der Waals surface area contributed by atoms with E-state index in [4.69, 9.17) is 5.73 Å². The lowest BCUT2D eigenvalue weighted by Crippen LogP contribution is -2.36. The normalized spacial score (nSPS) is 20.4. The lowest BCUT2D eigenvalue weighted by molar-refractivity contribution is -0.138. The van der Waals surface area contributed by atoms with Crippen LogP contribution < -0.4 is 5.73 Å². The van der Waals surface area contributed by atoms with Crippen LogP contribution in [0.4, 0.5) is 23.5 Å². The molecule has 0 amide bonds. The van der Waals surface area contributed by atoms with Gasteiger partial charge in [0.2, 0.25) is 5.95 Å². The molecule has 1 aliphatic heterocycles. The molecule has 2 aliphatic rings. The van der Waals surface area contributed by atoms with E-state index in [-0.39, 0.29) is 30.1 Å². The lowest BCUT2D eigenvalue weighted by atomic mass is 9.90. The highest BCUT2D eigenvalue weighted by Gasteiger charge is 2.38. The molecule has 0 spiro atoms. The van der Waals surface area contributed by atoms with Gasteiger partial charge < -0.3 is 15.7 Å². The Bertz CT molecular complexity index is 1370. The van der Waals surface area contributed by atoms with Gasteiger partial charge in [0.1, 0.15) is 11.3 Å². The van der Waals surface area contributed by atoms with Crippen LogP contribution in [-0.2, 0) is 0 Å². The van der Waals surface area contributed by atoms with Crippen LogP contribution in [0.15, 0.2) is 24.7 Å². The molecule has 3 aromatic heterocycles. The summed E-state index contributed by atoms with van der Waals surface area (Å²) in [6.45, 7) is 2.68. The molecular weight excluding hydrogens is 488 g/mol. The second-order valence-corrected chi connectivity index (χ2v) is 10.1. The fourth-order valence-corrected chi connectivity index (χ4v) is 4.99. The second-order valence-electron chi connectivity index (χ2n) is 10.1. The molecule has 0 radical (unpaired) electrons. The molecule has 3 aromatic rings. The van der Waals surface area contributed by atoms with Crippen molar-refractivity contribution in [1.82, 2.24) is 24.4 Å². The number of likely N-dealkylation sites (tertiary alicyclic amines) is 1. The van der Waals surface area contributed by atoms with Crippen molar-refractivity contribution >= 4 is 16.9 Å². The predicted molar refractivity (Wildman–Crippen MR) is 130 cm³/mol. The van der Waals surface area contributed by atoms with Gasteiger partial charge in [0.25, 0.3) is 0 Å². The number of nitrogens with zero attached hydrogens (tertiary/aromatic N) is 5. The number of halogens is 4. The van der Waals surface area contributed by atoms with Gasteiger partial charge in [0.05, 0.1) is 18.1 Å². The van der Waals surface area contributed by atoms with Crippen LogP contribution in [0, 0.1) is 23.6 Å². The van der Waals surface area contributed by atoms with Gasteiger partial charge in [-0.15, -0.1) is 0 Å². The number of aliphatic hydroxyl groups is 1. The quantitative estimate of drug-likeness (QED) is 0.391. The summed E-state index contributed by atoms with van der Waals surface area (Å²) in [4.78, 5) is 14.1. The van der Waals surface area contributed by atoms with Crippen LogP contribution >= 0.6 is 0 Å². The van der Waals surface area contributed by atoms with Gasteiger partial charge in [-0.05, 0) is 68.5 Å². The average Bonchev–Trinajstić information content (AvgIpc) is 3.65. The second kappa shape index (κ2) is 9.58. The van der Waals surface area contributed by atoms with Crippen molar-refractivity contribution < 1.29 is 22.7 Å². The van der Waals surface area contributed by atoms with Crippen LogP contribution in [0.25, 0.3) is 16.7 Å². The van der Waals surface area contributed by atoms with Crippen LogP contribution in [0.2, 0.25) is 0 Å². The molecular formula is C26H28F4N6O. The van der Waals surface area contributed by atoms with E-state index >= 15 is 0 Å². The SMILES string of the molecule is CC(O)(C#Cc1cc2c(cn1)c(C1CCCN(CCC(F)(F)F)C1)cn2-c1nc(N)ncc1F)C1CC1. The Morgan fingerprint density at radius 2 is 1.97 bits per heavy atom. The Morgan fingerprint density at radius 3 is 2.70 bits per heavy atom. The highest BCUT2D eigenvalue weighted by atomic mass is 19.4. The molecule has 37 heavy (non-hydrogen) atoms. The van der Waals surface area contributed by atoms with Crippen molar-refractivity contribution in [3.05, 3.63) is 41.7 Å². The highest BCUT2D eigenvalue weighted by molar-refractivity contribution is 5.86. The number of rotatable bonds is 5. The predicted octanol–water partition coefficient (Wildman–Crippen LogP) is 4.18. The number of nitrogen functional groups attached to an aromatic ring is 1. The molecule has 2 fully saturated rings. The minimum absolute atomic E-state index is 0.0384. The Balaban J connectivity index is 1.54. The molecule has 2 unspecified atom stereocenters. The standard InChI is InChI=1S/C26H28F4N6O/c1-25(37,17-4-5-17)7-6-18-11-22-19(12-32-18)20(15-36(22)23-21(27)13-33-24(31)34-23)16-3-2-9-35(14-16)10-8-26(28,29)30/h11-13,15-17,37H,2-5,8-10,14H2,1H3,(H2,31,33,34). The first-order chi connectivity index (χ1) is 17.5. The summed E-state index contributed by atoms with van der Waals surface area (Å²) in [7, 11) is 0. The smallest absolute Gasteiger partial charge is 0.378 e. The third kappa shape index (κ3) is 5.70. The summed E-state index contributed by atoms with van der Waals surface area (Å²) in [5.74, 6) is 5.11. The summed E-state index contributed by atoms with van der Waals surface area (Å²) in [5, 5.41) is 11.3. The summed E-state index contributed by atoms with van der Waals surface area (Å²) >= 11 is 0. The Labute approximate surface area is 211 Å². The molecule has 196 valence electrons. The zero-order valence-electron chi connectivity index (χ0n) is 20.4. The van der Waals surface area contributed by atoms with Crippen LogP contribution in [0.1, 0.15) is 56.2 Å². The number of alkyl halides is 3. The van der Waals surface area contributed by atoms with Gasteiger partial charge in [0, 0.05) is 30.9 Å². The van der Waals surface area contributed by atoms with Crippen LogP contribution in [-0.4, -0.2) is 60.9 Å². The maximum atomic E-state index is 14.8. The van der Waals surface area contributed by atoms with E-state index < -0.39 is 24.0 Å². The number of hydrogen-bond acceptors (Lipinski definition) is 6. The molecule has 1 aliphatic carbocycles. The van der Waals surface area contributed by atoms with E-state index in [0.717, 1.165) is 42.8 Å². The van der Waals surface area contributed by atoms with E-state index in [2.05, 4.69) is 26.8 Å². The monoisotopic (exact) mass is 516 g/mol. The van der Waals surface area contributed by atoms with E-state index in [0.29, 0.717) is 24.3 Å². The Morgan fingerprint density at radius 1 is 1.19 bits per heavy atom. The topological polar surface area (TPSA) is 93.1 Å². The number of fused-ring (bicyclic) bond motifs is 1. The first-order valence-electron chi connectivity index (χ1n) is 12.3. The zero-order valence-corrected chi connectivity index (χ0v) is 20.4. The lowest BCUT2D eigenvalue weighted by Gasteiger charge is -2.32. The molecule has 1 saturated carbocycles. The third-order valence-corrected chi connectivity index (χ3v) is 7.17. The van der Waals surface area contributed by atoms with Gasteiger partial charge >= 0.3 is 6.18 Å². The fraction of sp³-hybridized carbons (Fsp3) is 0.500. The van der Waals surface area contributed by atoms with Gasteiger partial charge in [-0.1, -0.05) is 5.92 Å². The number of anilines is 1. The summed E-state index contributed by atoms with van der Waals surface area (Å²) in [6, 6.07) is 1.71. The van der Waals surface area contributed by atoms with E-state index in [1.807, 2.05) is 4.90 Å². The fourth-order valence-electron chi connectivity index (χ4n) is 4.99. The summed E-state index contributed by atoms with van der Waals surface area (Å²) < 4.78 is 54.8. The number of nitrogens with two attached hydrogens (primary N) is 1. The highest BCUT2D eigenvalue weighted by Crippen LogP contribution is 2.39. The van der Waals surface area contributed by atoms with E-state index in [9.17, 15) is 22.7 Å². The minimum atomic E-state index is -4.21. The number of hydrogen-bond donors (Lipinski definition) is 2. The maximum absolute atomic E-state index is 14.8. The van der Waals surface area contributed by atoms with Crippen molar-refractivity contribution in [3.8, 4) is 17.7 Å². The Hall–Kier alpha value is -3.23. The van der Waals surface area contributed by atoms with Gasteiger partial charge in [-0.25, -0.2) is 14.4 Å². The van der Waals surface area contributed by atoms with E-state index in [1.54, 1.807) is 30.0 Å². The molecule has 0 bridgehead atoms. The molecule has 2 atom stereocenters. The summed E-state index contributed by atoms with van der Waals surface area (Å²) in [5.41, 5.74) is 6.46. The first-order valence-corrected chi connectivity index (χ1v) is 12.3. The van der Waals surface area contributed by atoms with Gasteiger partial charge in [0.15, 0.2) is 11.6 Å². The molecule has 7 nitrogen and oxygen atoms in total. The van der Waals surface area contributed by atoms with Crippen LogP contribution in [0.5, 0.6) is 0 Å². The molecule has 4 heterocycles. The number of piperidine rings is 1. The average molecular weight is 517 g/mol. The summed E-state index contributed by atoms with van der Waals surface area (Å²) in [6.07, 6.45) is 2.71. The number of aromatic nitrogens is 4. The van der Waals surface area contributed by atoms with Crippen molar-refractivity contribution in [3.63, 3.8) is 0 Å². The molecule has 11 heteroatoms. The third-order valence-electron chi connectivity index (χ3n) is 7.17. The molecule has 5 rings (SSSR count). The van der Waals surface area contributed by atoms with E-state index in [1.165, 1.54) is 0 Å². The van der Waals surface area contributed by atoms with Gasteiger partial charge in [-0.3, -0.25) is 4.57 Å². The largest absolute Gasteiger partial charge is 0.390 e. The minimum Gasteiger partial charge on any atom is -0.378 e. The van der Waals surface area contributed by atoms with Crippen molar-refractivity contribution in [1.29, 1.82) is 0 Å². The van der Waals surface area contributed by atoms with Crippen molar-refractivity contribution in [2.75, 3.05) is 25.4 Å². The van der Waals surface area contributed by atoms with Gasteiger partial charge in [-0.2, -0.15) is 18.2 Å². The van der Waals surface area contributed by atoms with Crippen molar-refractivity contribution in [2.45, 2.75) is 56.7 Å². The molecule has 0 aromatic carbocycles.